The Hall–Kier alpha value is -1.57. The smallest absolute Gasteiger partial charge is 0.243 e. The van der Waals surface area contributed by atoms with E-state index in [0.717, 1.165) is 4.31 Å². The molecule has 1 N–H and O–H groups in total. The molecule has 122 valence electrons. The highest BCUT2D eigenvalue weighted by Crippen LogP contribution is 2.28. The number of carbonyl (C=O) groups is 1. The van der Waals surface area contributed by atoms with Gasteiger partial charge in [-0.3, -0.25) is 4.79 Å². The van der Waals surface area contributed by atoms with Crippen molar-refractivity contribution in [1.29, 1.82) is 0 Å². The van der Waals surface area contributed by atoms with Crippen molar-refractivity contribution in [2.24, 2.45) is 0 Å². The summed E-state index contributed by atoms with van der Waals surface area (Å²) in [5.41, 5.74) is 0. The van der Waals surface area contributed by atoms with Gasteiger partial charge in [-0.15, -0.1) is 6.58 Å². The number of methoxy groups -OCH3 is 1. The molecule has 0 radical (unpaired) electrons. The molecule has 0 fully saturated rings. The van der Waals surface area contributed by atoms with Crippen molar-refractivity contribution in [3.8, 4) is 5.75 Å². The lowest BCUT2D eigenvalue weighted by Crippen LogP contribution is -2.40. The van der Waals surface area contributed by atoms with Gasteiger partial charge in [0.25, 0.3) is 0 Å². The van der Waals surface area contributed by atoms with Crippen LogP contribution >= 0.6 is 11.6 Å². The molecule has 0 spiro atoms. The largest absolute Gasteiger partial charge is 0.495 e. The van der Waals surface area contributed by atoms with Crippen LogP contribution in [0.15, 0.2) is 35.7 Å². The Labute approximate surface area is 135 Å². The molecule has 6 nitrogen and oxygen atoms in total. The quantitative estimate of drug-likeness (QED) is 0.726. The highest BCUT2D eigenvalue weighted by molar-refractivity contribution is 7.89. The Balaban J connectivity index is 3.01. The van der Waals surface area contributed by atoms with Crippen molar-refractivity contribution in [3.63, 3.8) is 0 Å². The van der Waals surface area contributed by atoms with Crippen LogP contribution in [-0.2, 0) is 14.8 Å². The first-order chi connectivity index (χ1) is 10.4. The number of ether oxygens (including phenoxy) is 1. The second kappa shape index (κ2) is 8.17. The van der Waals surface area contributed by atoms with Crippen LogP contribution in [0.3, 0.4) is 0 Å². The number of amides is 1. The van der Waals surface area contributed by atoms with E-state index in [1.807, 2.05) is 0 Å². The zero-order valence-corrected chi connectivity index (χ0v) is 14.1. The molecule has 0 bridgehead atoms. The highest BCUT2D eigenvalue weighted by Gasteiger charge is 2.25. The third kappa shape index (κ3) is 4.46. The third-order valence-electron chi connectivity index (χ3n) is 2.88. The summed E-state index contributed by atoms with van der Waals surface area (Å²) in [5.74, 6) is -0.0164. The second-order valence-corrected chi connectivity index (χ2v) is 6.67. The first-order valence-electron chi connectivity index (χ1n) is 6.58. The number of halogens is 1. The lowest BCUT2D eigenvalue weighted by atomic mass is 10.3. The van der Waals surface area contributed by atoms with Gasteiger partial charge >= 0.3 is 0 Å². The van der Waals surface area contributed by atoms with E-state index in [4.69, 9.17) is 16.3 Å². The first kappa shape index (κ1) is 18.5. The molecule has 0 atom stereocenters. The summed E-state index contributed by atoms with van der Waals surface area (Å²) in [4.78, 5) is 11.7. The molecule has 1 aromatic carbocycles. The zero-order valence-electron chi connectivity index (χ0n) is 12.5. The zero-order chi connectivity index (χ0) is 16.8. The third-order valence-corrected chi connectivity index (χ3v) is 5.09. The van der Waals surface area contributed by atoms with Gasteiger partial charge in [0.2, 0.25) is 15.9 Å². The van der Waals surface area contributed by atoms with Crippen molar-refractivity contribution in [2.75, 3.05) is 26.7 Å². The highest BCUT2D eigenvalue weighted by atomic mass is 35.5. The maximum atomic E-state index is 12.6. The van der Waals surface area contributed by atoms with Crippen molar-refractivity contribution in [3.05, 3.63) is 35.9 Å². The van der Waals surface area contributed by atoms with Crippen LogP contribution in [0.4, 0.5) is 0 Å². The summed E-state index contributed by atoms with van der Waals surface area (Å²) < 4.78 is 31.2. The maximum Gasteiger partial charge on any atom is 0.243 e. The maximum absolute atomic E-state index is 12.6. The SMILES string of the molecule is C=CCNC(=O)CN(CC)S(=O)(=O)c1ccc(OC)c(Cl)c1. The molecule has 0 aromatic heterocycles. The van der Waals surface area contributed by atoms with Crippen LogP contribution in [0.5, 0.6) is 5.75 Å². The Kier molecular flexibility index (Phi) is 6.86. The van der Waals surface area contributed by atoms with Crippen molar-refractivity contribution < 1.29 is 17.9 Å². The fraction of sp³-hybridized carbons (Fsp3) is 0.357. The Bertz CT molecular complexity index is 646. The van der Waals surface area contributed by atoms with E-state index in [9.17, 15) is 13.2 Å². The lowest BCUT2D eigenvalue weighted by molar-refractivity contribution is -0.121. The Morgan fingerprint density at radius 2 is 2.18 bits per heavy atom. The summed E-state index contributed by atoms with van der Waals surface area (Å²) in [5, 5.41) is 2.73. The molecule has 0 heterocycles. The van der Waals surface area contributed by atoms with Crippen LogP contribution in [0.2, 0.25) is 5.02 Å². The van der Waals surface area contributed by atoms with E-state index in [0.29, 0.717) is 5.75 Å². The van der Waals surface area contributed by atoms with E-state index in [1.54, 1.807) is 6.92 Å². The van der Waals surface area contributed by atoms with Gasteiger partial charge in [-0.05, 0) is 18.2 Å². The van der Waals surface area contributed by atoms with Gasteiger partial charge in [0.1, 0.15) is 5.75 Å². The summed E-state index contributed by atoms with van der Waals surface area (Å²) in [6, 6.07) is 4.17. The average Bonchev–Trinajstić information content (AvgIpc) is 2.50. The topological polar surface area (TPSA) is 75.7 Å². The van der Waals surface area contributed by atoms with Crippen molar-refractivity contribution >= 4 is 27.5 Å². The molecule has 1 aromatic rings. The molecule has 1 amide bonds. The molecular weight excluding hydrogens is 328 g/mol. The Morgan fingerprint density at radius 3 is 2.68 bits per heavy atom. The van der Waals surface area contributed by atoms with Crippen molar-refractivity contribution in [1.82, 2.24) is 9.62 Å². The monoisotopic (exact) mass is 346 g/mol. The summed E-state index contributed by atoms with van der Waals surface area (Å²) in [7, 11) is -2.37. The molecule has 22 heavy (non-hydrogen) atoms. The van der Waals surface area contributed by atoms with Crippen LogP contribution in [0, 0.1) is 0 Å². The number of hydrogen-bond donors (Lipinski definition) is 1. The number of carbonyl (C=O) groups excluding carboxylic acids is 1. The number of hydrogen-bond acceptors (Lipinski definition) is 4. The van der Waals surface area contributed by atoms with Gasteiger partial charge in [0.05, 0.1) is 23.6 Å². The molecule has 8 heteroatoms. The standard InChI is InChI=1S/C14H19ClN2O4S/c1-4-8-16-14(18)10-17(5-2)22(19,20)11-6-7-13(21-3)12(15)9-11/h4,6-7,9H,1,5,8,10H2,2-3H3,(H,16,18). The van der Waals surface area contributed by atoms with E-state index in [-0.39, 0.29) is 29.6 Å². The van der Waals surface area contributed by atoms with Crippen LogP contribution < -0.4 is 10.1 Å². The van der Waals surface area contributed by atoms with Gasteiger partial charge in [-0.2, -0.15) is 4.31 Å². The molecular formula is C14H19ClN2O4S. The summed E-state index contributed by atoms with van der Waals surface area (Å²) in [6.07, 6.45) is 1.52. The lowest BCUT2D eigenvalue weighted by Gasteiger charge is -2.20. The number of sulfonamides is 1. The Morgan fingerprint density at radius 1 is 1.50 bits per heavy atom. The molecule has 0 saturated carbocycles. The molecule has 0 aliphatic carbocycles. The van der Waals surface area contributed by atoms with E-state index in [2.05, 4.69) is 11.9 Å². The van der Waals surface area contributed by atoms with Crippen LogP contribution in [-0.4, -0.2) is 45.4 Å². The number of rotatable bonds is 8. The van der Waals surface area contributed by atoms with E-state index < -0.39 is 15.9 Å². The normalized spacial score (nSPS) is 11.3. The summed E-state index contributed by atoms with van der Waals surface area (Å²) in [6.45, 7) is 5.31. The predicted octanol–water partition coefficient (Wildman–Crippen LogP) is 1.66. The van der Waals surface area contributed by atoms with Gasteiger partial charge in [0.15, 0.2) is 0 Å². The number of likely N-dealkylation sites (N-methyl/N-ethyl adjacent to an activating group) is 1. The molecule has 0 aliphatic rings. The second-order valence-electron chi connectivity index (χ2n) is 4.32. The van der Waals surface area contributed by atoms with E-state index in [1.165, 1.54) is 31.4 Å². The minimum atomic E-state index is -3.81. The molecule has 0 saturated heterocycles. The molecule has 1 rings (SSSR count). The summed E-state index contributed by atoms with van der Waals surface area (Å²) >= 11 is 5.96. The van der Waals surface area contributed by atoms with Crippen molar-refractivity contribution in [2.45, 2.75) is 11.8 Å². The van der Waals surface area contributed by atoms with Gasteiger partial charge < -0.3 is 10.1 Å². The fourth-order valence-electron chi connectivity index (χ4n) is 1.73. The minimum absolute atomic E-state index is 0.0108. The van der Waals surface area contributed by atoms with Gasteiger partial charge in [-0.1, -0.05) is 24.6 Å². The first-order valence-corrected chi connectivity index (χ1v) is 8.39. The van der Waals surface area contributed by atoms with Gasteiger partial charge in [-0.25, -0.2) is 8.42 Å². The van der Waals surface area contributed by atoms with Gasteiger partial charge in [0, 0.05) is 13.1 Å². The average molecular weight is 347 g/mol. The number of nitrogens with one attached hydrogen (secondary N) is 1. The molecule has 0 aliphatic heterocycles. The molecule has 0 unspecified atom stereocenters. The minimum Gasteiger partial charge on any atom is -0.495 e. The van der Waals surface area contributed by atoms with Crippen LogP contribution in [0.25, 0.3) is 0 Å². The van der Waals surface area contributed by atoms with Crippen LogP contribution in [0.1, 0.15) is 6.92 Å². The van der Waals surface area contributed by atoms with E-state index >= 15 is 0 Å². The predicted molar refractivity (Wildman–Crippen MR) is 85.6 cm³/mol. The fourth-order valence-corrected chi connectivity index (χ4v) is 3.48. The number of nitrogens with zero attached hydrogens (tertiary/aromatic N) is 1. The number of benzene rings is 1.